The van der Waals surface area contributed by atoms with Crippen LogP contribution in [-0.4, -0.2) is 11.8 Å². The van der Waals surface area contributed by atoms with Gasteiger partial charge >= 0.3 is 5.97 Å². The molecule has 0 saturated heterocycles. The van der Waals surface area contributed by atoms with E-state index in [1.807, 2.05) is 30.3 Å². The second-order valence-corrected chi connectivity index (χ2v) is 10.8. The van der Waals surface area contributed by atoms with Gasteiger partial charge in [0.15, 0.2) is 5.78 Å². The summed E-state index contributed by atoms with van der Waals surface area (Å²) in [5.74, 6) is 1.29. The molecule has 7 rings (SSSR count). The number of rotatable bonds is 2. The summed E-state index contributed by atoms with van der Waals surface area (Å²) in [6, 6.07) is 21.7. The zero-order chi connectivity index (χ0) is 24.6. The molecular formula is C31H25NO4. The number of hydrogen-bond donors (Lipinski definition) is 1. The third-order valence-electron chi connectivity index (χ3n) is 7.62. The number of anilines is 1. The van der Waals surface area contributed by atoms with Crippen LogP contribution in [0.1, 0.15) is 60.0 Å². The zero-order valence-electron chi connectivity index (χ0n) is 20.2. The van der Waals surface area contributed by atoms with E-state index in [4.69, 9.17) is 9.15 Å². The fourth-order valence-electron chi connectivity index (χ4n) is 6.00. The maximum atomic E-state index is 13.6. The summed E-state index contributed by atoms with van der Waals surface area (Å²) in [4.78, 5) is 25.4. The highest BCUT2D eigenvalue weighted by atomic mass is 16.5. The predicted molar refractivity (Wildman–Crippen MR) is 139 cm³/mol. The number of Topliss-reactive ketones (excluding diaryl/α,β-unsaturated/α-hetero) is 1. The summed E-state index contributed by atoms with van der Waals surface area (Å²) in [6.07, 6.45) is 1.34. The van der Waals surface area contributed by atoms with E-state index in [0.717, 1.165) is 45.3 Å². The average molecular weight is 476 g/mol. The molecule has 3 aromatic carbocycles. The van der Waals surface area contributed by atoms with E-state index < -0.39 is 0 Å². The molecule has 0 saturated carbocycles. The van der Waals surface area contributed by atoms with Crippen LogP contribution >= 0.6 is 0 Å². The molecule has 2 aliphatic heterocycles. The van der Waals surface area contributed by atoms with E-state index >= 15 is 0 Å². The van der Waals surface area contributed by atoms with Crippen molar-refractivity contribution in [2.24, 2.45) is 5.41 Å². The molecule has 3 heterocycles. The Labute approximate surface area is 208 Å². The Kier molecular flexibility index (Phi) is 4.38. The number of furan rings is 1. The van der Waals surface area contributed by atoms with Gasteiger partial charge in [-0.15, -0.1) is 0 Å². The van der Waals surface area contributed by atoms with E-state index in [1.165, 1.54) is 5.39 Å². The minimum Gasteiger partial charge on any atom is -0.459 e. The Morgan fingerprint density at radius 2 is 1.81 bits per heavy atom. The first-order valence-corrected chi connectivity index (χ1v) is 12.3. The molecule has 3 aliphatic rings. The van der Waals surface area contributed by atoms with Crippen molar-refractivity contribution in [1.82, 2.24) is 0 Å². The predicted octanol–water partition coefficient (Wildman–Crippen LogP) is 7.08. The number of allylic oxidation sites excluding steroid dienone is 1. The van der Waals surface area contributed by atoms with Gasteiger partial charge in [0.1, 0.15) is 24.2 Å². The molecule has 5 nitrogen and oxygen atoms in total. The van der Waals surface area contributed by atoms with Gasteiger partial charge in [0.2, 0.25) is 0 Å². The van der Waals surface area contributed by atoms with Crippen molar-refractivity contribution in [3.63, 3.8) is 0 Å². The molecule has 1 aliphatic carbocycles. The molecule has 4 aromatic rings. The van der Waals surface area contributed by atoms with E-state index in [1.54, 1.807) is 6.07 Å². The number of carbonyl (C=O) groups is 2. The van der Waals surface area contributed by atoms with Gasteiger partial charge in [-0.1, -0.05) is 50.2 Å². The third-order valence-corrected chi connectivity index (χ3v) is 7.62. The van der Waals surface area contributed by atoms with Crippen molar-refractivity contribution >= 4 is 33.8 Å². The fraction of sp³-hybridized carbons (Fsp3) is 0.226. The van der Waals surface area contributed by atoms with Crippen molar-refractivity contribution in [1.29, 1.82) is 0 Å². The molecule has 1 atom stereocenters. The van der Waals surface area contributed by atoms with Gasteiger partial charge in [-0.2, -0.15) is 0 Å². The Morgan fingerprint density at radius 1 is 0.944 bits per heavy atom. The molecule has 0 fully saturated rings. The number of esters is 1. The molecule has 178 valence electrons. The molecule has 0 bridgehead atoms. The summed E-state index contributed by atoms with van der Waals surface area (Å²) < 4.78 is 11.5. The van der Waals surface area contributed by atoms with Crippen LogP contribution < -0.4 is 5.32 Å². The fourth-order valence-corrected chi connectivity index (χ4v) is 6.00. The molecule has 0 amide bonds. The highest BCUT2D eigenvalue weighted by Gasteiger charge is 2.41. The van der Waals surface area contributed by atoms with E-state index in [2.05, 4.69) is 49.5 Å². The molecule has 1 aromatic heterocycles. The van der Waals surface area contributed by atoms with Gasteiger partial charge in [0.25, 0.3) is 0 Å². The first-order valence-electron chi connectivity index (χ1n) is 12.3. The Bertz CT molecular complexity index is 1640. The van der Waals surface area contributed by atoms with Crippen molar-refractivity contribution < 1.29 is 18.7 Å². The van der Waals surface area contributed by atoms with Gasteiger partial charge in [-0.05, 0) is 58.5 Å². The second-order valence-electron chi connectivity index (χ2n) is 10.8. The lowest BCUT2D eigenvalue weighted by Crippen LogP contribution is -2.33. The Morgan fingerprint density at radius 3 is 2.69 bits per heavy atom. The third kappa shape index (κ3) is 3.15. The van der Waals surface area contributed by atoms with Gasteiger partial charge in [0.05, 0.1) is 5.56 Å². The Balaban J connectivity index is 1.36. The van der Waals surface area contributed by atoms with Crippen molar-refractivity contribution in [2.45, 2.75) is 39.3 Å². The molecular weight excluding hydrogens is 450 g/mol. The molecule has 0 radical (unpaired) electrons. The van der Waals surface area contributed by atoms with Crippen molar-refractivity contribution in [3.05, 3.63) is 94.8 Å². The van der Waals surface area contributed by atoms with Crippen LogP contribution in [0.3, 0.4) is 0 Å². The van der Waals surface area contributed by atoms with Crippen LogP contribution in [0.2, 0.25) is 0 Å². The summed E-state index contributed by atoms with van der Waals surface area (Å²) in [7, 11) is 0. The van der Waals surface area contributed by atoms with Crippen LogP contribution in [0.4, 0.5) is 5.69 Å². The summed E-state index contributed by atoms with van der Waals surface area (Å²) in [5, 5.41) is 5.96. The van der Waals surface area contributed by atoms with Crippen LogP contribution in [0.5, 0.6) is 0 Å². The first-order chi connectivity index (χ1) is 17.4. The topological polar surface area (TPSA) is 68.5 Å². The smallest absolute Gasteiger partial charge is 0.338 e. The number of cyclic esters (lactones) is 1. The average Bonchev–Trinajstić information content (AvgIpc) is 3.49. The van der Waals surface area contributed by atoms with Crippen LogP contribution in [-0.2, 0) is 16.1 Å². The number of ether oxygens (including phenoxy) is 1. The van der Waals surface area contributed by atoms with Crippen LogP contribution in [0.15, 0.2) is 76.7 Å². The molecule has 0 spiro atoms. The molecule has 1 N–H and O–H groups in total. The number of fused-ring (bicyclic) bond motifs is 5. The van der Waals surface area contributed by atoms with E-state index in [-0.39, 0.29) is 29.8 Å². The number of nitrogens with one attached hydrogen (secondary N) is 1. The lowest BCUT2D eigenvalue weighted by atomic mass is 9.68. The second kappa shape index (κ2) is 7.44. The van der Waals surface area contributed by atoms with Crippen LogP contribution in [0, 0.1) is 5.41 Å². The van der Waals surface area contributed by atoms with Gasteiger partial charge < -0.3 is 14.5 Å². The largest absolute Gasteiger partial charge is 0.459 e. The number of benzene rings is 3. The molecule has 5 heteroatoms. The zero-order valence-corrected chi connectivity index (χ0v) is 20.2. The van der Waals surface area contributed by atoms with E-state index in [9.17, 15) is 9.59 Å². The lowest BCUT2D eigenvalue weighted by Gasteiger charge is -2.39. The number of ketones is 1. The minimum absolute atomic E-state index is 0.107. The highest BCUT2D eigenvalue weighted by Crippen LogP contribution is 2.52. The van der Waals surface area contributed by atoms with E-state index in [0.29, 0.717) is 23.5 Å². The molecule has 36 heavy (non-hydrogen) atoms. The highest BCUT2D eigenvalue weighted by molar-refractivity contribution is 6.12. The van der Waals surface area contributed by atoms with Gasteiger partial charge in [0, 0.05) is 34.4 Å². The van der Waals surface area contributed by atoms with Crippen LogP contribution in [0.25, 0.3) is 27.7 Å². The van der Waals surface area contributed by atoms with Gasteiger partial charge in [-0.25, -0.2) is 4.79 Å². The normalized spacial score (nSPS) is 20.0. The first kappa shape index (κ1) is 21.2. The maximum Gasteiger partial charge on any atom is 0.338 e. The van der Waals surface area contributed by atoms with Gasteiger partial charge in [-0.3, -0.25) is 4.79 Å². The van der Waals surface area contributed by atoms with Crippen molar-refractivity contribution in [2.75, 3.05) is 5.32 Å². The quantitative estimate of drug-likeness (QED) is 0.314. The number of hydrogen-bond acceptors (Lipinski definition) is 5. The summed E-state index contributed by atoms with van der Waals surface area (Å²) in [6.45, 7) is 4.62. The monoisotopic (exact) mass is 475 g/mol. The molecule has 0 unspecified atom stereocenters. The SMILES string of the molecule is CC1(C)CC(=O)C2=C(C1)c1c(ccc3ccccc13)N[C@@H]2c1ccc(-c2ccc3c(c2)COC3=O)o1. The minimum atomic E-state index is -0.356. The Hall–Kier alpha value is -4.12. The summed E-state index contributed by atoms with van der Waals surface area (Å²) in [5.41, 5.74) is 6.33. The number of carbonyl (C=O) groups excluding carboxylic acids is 2. The maximum absolute atomic E-state index is 13.6. The summed E-state index contributed by atoms with van der Waals surface area (Å²) >= 11 is 0. The standard InChI is InChI=1S/C31H25NO4/c1-31(2)14-22-27-20-6-4-3-5-17(20)8-10-23(27)32-29(28(22)24(33)15-31)26-12-11-25(36-26)18-7-9-21-19(13-18)16-35-30(21)34/h3-13,29,32H,14-16H2,1-2H3/t29-/m1/s1. The lowest BCUT2D eigenvalue weighted by molar-refractivity contribution is -0.118. The van der Waals surface area contributed by atoms with Crippen molar-refractivity contribution in [3.8, 4) is 11.3 Å².